The molecule has 1 aromatic rings. The van der Waals surface area contributed by atoms with E-state index in [4.69, 9.17) is 9.39 Å². The van der Waals surface area contributed by atoms with Crippen LogP contribution < -0.4 is 9.97 Å². The Labute approximate surface area is 152 Å². The zero-order valence-corrected chi connectivity index (χ0v) is 15.5. The molecular formula is C16H22BNO7S. The molecule has 10 heteroatoms. The van der Waals surface area contributed by atoms with Crippen LogP contribution >= 0.6 is 0 Å². The van der Waals surface area contributed by atoms with Gasteiger partial charge in [0.05, 0.1) is 5.94 Å². The van der Waals surface area contributed by atoms with Crippen LogP contribution in [0.25, 0.3) is 0 Å². The Balaban J connectivity index is 2.12. The van der Waals surface area contributed by atoms with Gasteiger partial charge >= 0.3 is 13.1 Å². The maximum absolute atomic E-state index is 12.1. The normalized spacial score (nSPS) is 16.4. The molecule has 142 valence electrons. The molecule has 0 radical (unpaired) electrons. The van der Waals surface area contributed by atoms with E-state index in [-0.39, 0.29) is 23.6 Å². The fraction of sp³-hybridized carbons (Fsp3) is 0.500. The molecule has 1 atom stereocenters. The van der Waals surface area contributed by atoms with Crippen LogP contribution in [0, 0.1) is 0 Å². The first kappa shape index (κ1) is 20.2. The zero-order chi connectivity index (χ0) is 19.3. The summed E-state index contributed by atoms with van der Waals surface area (Å²) in [5.41, 5.74) is 0.644. The van der Waals surface area contributed by atoms with Gasteiger partial charge in [0.25, 0.3) is 0 Å². The summed E-state index contributed by atoms with van der Waals surface area (Å²) < 4.78 is 32.5. The average Bonchev–Trinajstić information content (AvgIpc) is 2.57. The molecule has 0 unspecified atom stereocenters. The van der Waals surface area contributed by atoms with Crippen LogP contribution in [-0.4, -0.2) is 50.6 Å². The van der Waals surface area contributed by atoms with E-state index >= 15 is 0 Å². The van der Waals surface area contributed by atoms with Crippen molar-refractivity contribution in [3.63, 3.8) is 0 Å². The zero-order valence-electron chi connectivity index (χ0n) is 14.7. The van der Waals surface area contributed by atoms with Gasteiger partial charge in [-0.05, 0) is 24.5 Å². The highest BCUT2D eigenvalue weighted by molar-refractivity contribution is 7.90. The van der Waals surface area contributed by atoms with Crippen molar-refractivity contribution in [3.8, 4) is 5.75 Å². The Bertz CT molecular complexity index is 781. The Morgan fingerprint density at radius 3 is 2.81 bits per heavy atom. The molecular weight excluding hydrogens is 361 g/mol. The van der Waals surface area contributed by atoms with Gasteiger partial charge in [-0.15, -0.1) is 0 Å². The maximum Gasteiger partial charge on any atom is 0.547 e. The van der Waals surface area contributed by atoms with Crippen molar-refractivity contribution >= 4 is 28.8 Å². The number of benzene rings is 1. The minimum atomic E-state index is -3.47. The first-order valence-electron chi connectivity index (χ1n) is 8.32. The fourth-order valence-corrected chi connectivity index (χ4v) is 2.88. The molecule has 8 nitrogen and oxygen atoms in total. The molecule has 0 spiro atoms. The molecule has 0 saturated carbocycles. The predicted molar refractivity (Wildman–Crippen MR) is 95.3 cm³/mol. The number of unbranched alkanes of at least 4 members (excludes halogenated alkanes) is 1. The largest absolute Gasteiger partial charge is 0.547 e. The number of rotatable bonds is 7. The number of hydrogen-bond acceptors (Lipinski definition) is 7. The summed E-state index contributed by atoms with van der Waals surface area (Å²) in [6.07, 6.45) is 3.24. The molecule has 1 heterocycles. The number of para-hydroxylation sites is 1. The van der Waals surface area contributed by atoms with Crippen LogP contribution in [0.15, 0.2) is 18.2 Å². The molecule has 26 heavy (non-hydrogen) atoms. The van der Waals surface area contributed by atoms with E-state index in [0.717, 1.165) is 19.1 Å². The number of hydrogen-bond donors (Lipinski definition) is 2. The van der Waals surface area contributed by atoms with Crippen molar-refractivity contribution in [2.75, 3.05) is 12.2 Å². The van der Waals surface area contributed by atoms with E-state index in [1.807, 2.05) is 6.92 Å². The topological polar surface area (TPSA) is 119 Å². The Morgan fingerprint density at radius 2 is 2.15 bits per heavy atom. The molecule has 1 aromatic carbocycles. The quantitative estimate of drug-likeness (QED) is 0.519. The number of carbonyl (C=O) groups is 2. The predicted octanol–water partition coefficient (Wildman–Crippen LogP) is 0.475. The fourth-order valence-electron chi connectivity index (χ4n) is 2.56. The van der Waals surface area contributed by atoms with Gasteiger partial charge in [0, 0.05) is 12.7 Å². The van der Waals surface area contributed by atoms with E-state index in [0.29, 0.717) is 12.0 Å². The molecule has 2 N–H and O–H groups in total. The van der Waals surface area contributed by atoms with Crippen LogP contribution in [-0.2, 0) is 25.8 Å². The first-order chi connectivity index (χ1) is 12.2. The van der Waals surface area contributed by atoms with Gasteiger partial charge < -0.3 is 19.7 Å². The van der Waals surface area contributed by atoms with E-state index in [1.54, 1.807) is 12.1 Å². The summed E-state index contributed by atoms with van der Waals surface area (Å²) in [5, 5.41) is 12.9. The van der Waals surface area contributed by atoms with Crippen molar-refractivity contribution in [3.05, 3.63) is 29.3 Å². The van der Waals surface area contributed by atoms with Gasteiger partial charge in [-0.25, -0.2) is 13.2 Å². The van der Waals surface area contributed by atoms with Crippen LogP contribution in [0.1, 0.15) is 42.1 Å². The number of sulfone groups is 1. The van der Waals surface area contributed by atoms with E-state index < -0.39 is 34.8 Å². The van der Waals surface area contributed by atoms with Gasteiger partial charge in [-0.2, -0.15) is 0 Å². The highest BCUT2D eigenvalue weighted by atomic mass is 32.2. The monoisotopic (exact) mass is 383 g/mol. The third-order valence-electron chi connectivity index (χ3n) is 3.85. The number of carbonyl (C=O) groups excluding carboxylic acids is 2. The molecule has 0 aliphatic carbocycles. The number of nitrogens with one attached hydrogen (secondary N) is 1. The number of amides is 1. The molecule has 2 rings (SSSR count). The van der Waals surface area contributed by atoms with Crippen LogP contribution in [0.3, 0.4) is 0 Å². The lowest BCUT2D eigenvalue weighted by atomic mass is 9.72. The van der Waals surface area contributed by atoms with Gasteiger partial charge in [0.2, 0.25) is 5.91 Å². The smallest absolute Gasteiger partial charge is 0.534 e. The van der Waals surface area contributed by atoms with Gasteiger partial charge in [-0.3, -0.25) is 4.79 Å². The summed E-state index contributed by atoms with van der Waals surface area (Å²) >= 11 is 0. The van der Waals surface area contributed by atoms with Crippen LogP contribution in [0.4, 0.5) is 0 Å². The second kappa shape index (κ2) is 8.55. The third-order valence-corrected chi connectivity index (χ3v) is 4.39. The summed E-state index contributed by atoms with van der Waals surface area (Å²) in [5.74, 6) is -2.27. The molecule has 1 aliphatic rings. The molecule has 1 amide bonds. The second-order valence-electron chi connectivity index (χ2n) is 6.26. The van der Waals surface area contributed by atoms with Gasteiger partial charge in [0.15, 0.2) is 15.8 Å². The van der Waals surface area contributed by atoms with E-state index in [9.17, 15) is 23.0 Å². The van der Waals surface area contributed by atoms with Crippen molar-refractivity contribution in [2.45, 2.75) is 38.5 Å². The first-order valence-corrected chi connectivity index (χ1v) is 10.4. The van der Waals surface area contributed by atoms with Crippen molar-refractivity contribution < 1.29 is 32.4 Å². The standard InChI is InChI=1S/C16H22BNO7S/c1-3-4-8-14(19)18-13-9-11-6-5-7-12(15(11)25-17(13)21)16(20)24-10-26(2,22)23/h5-7,13,21H,3-4,8-10H2,1-2H3,(H,18,19)/t13-/m0/s1. The molecule has 0 saturated heterocycles. The maximum atomic E-state index is 12.1. The second-order valence-corrected chi connectivity index (χ2v) is 8.35. The average molecular weight is 383 g/mol. The molecule has 1 aliphatic heterocycles. The lowest BCUT2D eigenvalue weighted by Gasteiger charge is -2.29. The highest BCUT2D eigenvalue weighted by Gasteiger charge is 2.37. The Morgan fingerprint density at radius 1 is 1.42 bits per heavy atom. The lowest BCUT2D eigenvalue weighted by molar-refractivity contribution is -0.121. The van der Waals surface area contributed by atoms with Gasteiger partial charge in [-0.1, -0.05) is 25.5 Å². The Kier molecular flexibility index (Phi) is 6.66. The summed E-state index contributed by atoms with van der Waals surface area (Å²) in [4.78, 5) is 24.0. The van der Waals surface area contributed by atoms with E-state index in [2.05, 4.69) is 5.32 Å². The minimum absolute atomic E-state index is 0.0287. The Hall–Kier alpha value is -2.07. The molecule has 0 aromatic heterocycles. The molecule has 0 fully saturated rings. The lowest BCUT2D eigenvalue weighted by Crippen LogP contribution is -2.53. The summed E-state index contributed by atoms with van der Waals surface area (Å²) in [7, 11) is -4.79. The third kappa shape index (κ3) is 5.47. The van der Waals surface area contributed by atoms with Crippen LogP contribution in [0.5, 0.6) is 5.75 Å². The highest BCUT2D eigenvalue weighted by Crippen LogP contribution is 2.30. The summed E-state index contributed by atoms with van der Waals surface area (Å²) in [6.45, 7) is 1.98. The van der Waals surface area contributed by atoms with Crippen molar-refractivity contribution in [1.82, 2.24) is 5.32 Å². The van der Waals surface area contributed by atoms with Crippen LogP contribution in [0.2, 0.25) is 0 Å². The number of ether oxygens (including phenoxy) is 1. The minimum Gasteiger partial charge on any atom is -0.534 e. The number of esters is 1. The van der Waals surface area contributed by atoms with Crippen molar-refractivity contribution in [1.29, 1.82) is 0 Å². The van der Waals surface area contributed by atoms with Crippen molar-refractivity contribution in [2.24, 2.45) is 0 Å². The SMILES string of the molecule is CCCCC(=O)N[C@H]1Cc2cccc(C(=O)OCS(C)(=O)=O)c2OB1O. The van der Waals surface area contributed by atoms with Gasteiger partial charge in [0.1, 0.15) is 11.3 Å². The summed E-state index contributed by atoms with van der Waals surface area (Å²) in [6, 6.07) is 4.74. The molecule has 0 bridgehead atoms. The number of fused-ring (bicyclic) bond motifs is 1. The van der Waals surface area contributed by atoms with E-state index in [1.165, 1.54) is 6.07 Å².